The van der Waals surface area contributed by atoms with Crippen LogP contribution in [0, 0.1) is 0 Å². The number of aryl methyl sites for hydroxylation is 1. The number of hydrogen-bond donors (Lipinski definition) is 1. The molecular formula is C17H23N3OS. The summed E-state index contributed by atoms with van der Waals surface area (Å²) in [5.41, 5.74) is 2.10. The molecular weight excluding hydrogens is 294 g/mol. The Morgan fingerprint density at radius 3 is 2.73 bits per heavy atom. The van der Waals surface area contributed by atoms with Gasteiger partial charge in [-0.15, -0.1) is 0 Å². The van der Waals surface area contributed by atoms with Gasteiger partial charge in [0.25, 0.3) is 0 Å². The van der Waals surface area contributed by atoms with Crippen molar-refractivity contribution < 1.29 is 4.79 Å². The van der Waals surface area contributed by atoms with Crippen LogP contribution in [0.25, 0.3) is 0 Å². The molecule has 0 saturated heterocycles. The zero-order valence-electron chi connectivity index (χ0n) is 13.5. The number of amides is 1. The highest BCUT2D eigenvalue weighted by molar-refractivity contribution is 8.00. The van der Waals surface area contributed by atoms with E-state index in [4.69, 9.17) is 0 Å². The average Bonchev–Trinajstić information content (AvgIpc) is 2.92. The van der Waals surface area contributed by atoms with Crippen LogP contribution in [0.2, 0.25) is 0 Å². The molecule has 2 aromatic rings. The molecule has 5 heteroatoms. The zero-order valence-corrected chi connectivity index (χ0v) is 14.4. The van der Waals surface area contributed by atoms with Gasteiger partial charge in [-0.05, 0) is 30.9 Å². The van der Waals surface area contributed by atoms with Gasteiger partial charge in [0.05, 0.1) is 5.25 Å². The van der Waals surface area contributed by atoms with Gasteiger partial charge in [-0.25, -0.2) is 4.98 Å². The summed E-state index contributed by atoms with van der Waals surface area (Å²) in [7, 11) is 1.93. The largest absolute Gasteiger partial charge is 0.329 e. The van der Waals surface area contributed by atoms with Crippen molar-refractivity contribution in [3.63, 3.8) is 0 Å². The summed E-state index contributed by atoms with van der Waals surface area (Å²) in [6.45, 7) is 6.24. The Balaban J connectivity index is 2.07. The number of nitrogens with zero attached hydrogens (tertiary/aromatic N) is 2. The van der Waals surface area contributed by atoms with Gasteiger partial charge in [-0.3, -0.25) is 4.79 Å². The van der Waals surface area contributed by atoms with Gasteiger partial charge < -0.3 is 9.88 Å². The maximum absolute atomic E-state index is 12.4. The van der Waals surface area contributed by atoms with E-state index in [0.717, 1.165) is 17.3 Å². The number of para-hydroxylation sites is 1. The Morgan fingerprint density at radius 1 is 1.36 bits per heavy atom. The van der Waals surface area contributed by atoms with Crippen LogP contribution in [0.3, 0.4) is 0 Å². The Hall–Kier alpha value is -1.75. The van der Waals surface area contributed by atoms with Crippen LogP contribution in [0.1, 0.15) is 38.7 Å². The lowest BCUT2D eigenvalue weighted by atomic mass is 9.97. The van der Waals surface area contributed by atoms with Crippen LogP contribution in [0.15, 0.2) is 41.8 Å². The molecule has 0 aliphatic carbocycles. The van der Waals surface area contributed by atoms with Crippen molar-refractivity contribution in [3.05, 3.63) is 42.2 Å². The molecule has 1 amide bonds. The average molecular weight is 317 g/mol. The van der Waals surface area contributed by atoms with E-state index < -0.39 is 0 Å². The standard InChI is InChI=1S/C17H23N3OS/c1-5-12(2)14-8-6-7-9-15(14)19-16(21)13(3)22-17-18-10-11-20(17)4/h6-13H,5H2,1-4H3,(H,19,21)/t12-,13-/m1/s1. The summed E-state index contributed by atoms with van der Waals surface area (Å²) in [5, 5.41) is 3.70. The minimum Gasteiger partial charge on any atom is -0.329 e. The van der Waals surface area contributed by atoms with Crippen molar-refractivity contribution >= 4 is 23.4 Å². The summed E-state index contributed by atoms with van der Waals surface area (Å²) in [6, 6.07) is 8.03. The summed E-state index contributed by atoms with van der Waals surface area (Å²) in [4.78, 5) is 16.7. The van der Waals surface area contributed by atoms with E-state index in [1.54, 1.807) is 6.20 Å². The van der Waals surface area contributed by atoms with Crippen molar-refractivity contribution in [2.75, 3.05) is 5.32 Å². The number of anilines is 1. The SMILES string of the molecule is CC[C@@H](C)c1ccccc1NC(=O)[C@@H](C)Sc1nccn1C. The van der Waals surface area contributed by atoms with E-state index in [-0.39, 0.29) is 11.2 Å². The first-order valence-corrected chi connectivity index (χ1v) is 8.44. The lowest BCUT2D eigenvalue weighted by Gasteiger charge is -2.17. The smallest absolute Gasteiger partial charge is 0.237 e. The highest BCUT2D eigenvalue weighted by atomic mass is 32.2. The fraction of sp³-hybridized carbons (Fsp3) is 0.412. The van der Waals surface area contributed by atoms with Gasteiger partial charge in [-0.1, -0.05) is 43.8 Å². The van der Waals surface area contributed by atoms with Crippen molar-refractivity contribution in [1.82, 2.24) is 9.55 Å². The predicted molar refractivity (Wildman–Crippen MR) is 92.3 cm³/mol. The van der Waals surface area contributed by atoms with Crippen LogP contribution in [-0.4, -0.2) is 20.7 Å². The number of nitrogens with one attached hydrogen (secondary N) is 1. The number of thioether (sulfide) groups is 1. The van der Waals surface area contributed by atoms with Crippen LogP contribution < -0.4 is 5.32 Å². The molecule has 1 N–H and O–H groups in total. The number of rotatable bonds is 6. The van der Waals surface area contributed by atoms with Crippen LogP contribution in [0.4, 0.5) is 5.69 Å². The van der Waals surface area contributed by atoms with E-state index in [9.17, 15) is 4.79 Å². The minimum absolute atomic E-state index is 0.00348. The highest BCUT2D eigenvalue weighted by Crippen LogP contribution is 2.28. The molecule has 2 atom stereocenters. The first-order valence-electron chi connectivity index (χ1n) is 7.56. The molecule has 0 radical (unpaired) electrons. The molecule has 0 saturated carbocycles. The van der Waals surface area contributed by atoms with Crippen LogP contribution in [0.5, 0.6) is 0 Å². The molecule has 1 aromatic heterocycles. The van der Waals surface area contributed by atoms with Gasteiger partial charge in [0, 0.05) is 25.1 Å². The molecule has 0 aliphatic rings. The van der Waals surface area contributed by atoms with Gasteiger partial charge in [0.2, 0.25) is 5.91 Å². The maximum atomic E-state index is 12.4. The van der Waals surface area contributed by atoms with Crippen LogP contribution in [-0.2, 0) is 11.8 Å². The lowest BCUT2D eigenvalue weighted by molar-refractivity contribution is -0.115. The van der Waals surface area contributed by atoms with Gasteiger partial charge >= 0.3 is 0 Å². The number of benzene rings is 1. The summed E-state index contributed by atoms with van der Waals surface area (Å²) in [5.74, 6) is 0.428. The molecule has 0 spiro atoms. The van der Waals surface area contributed by atoms with Gasteiger partial charge in [0.1, 0.15) is 0 Å². The van der Waals surface area contributed by atoms with E-state index in [0.29, 0.717) is 5.92 Å². The number of carbonyl (C=O) groups excluding carboxylic acids is 1. The summed E-state index contributed by atoms with van der Waals surface area (Å²) < 4.78 is 1.92. The third kappa shape index (κ3) is 3.91. The number of carbonyl (C=O) groups is 1. The highest BCUT2D eigenvalue weighted by Gasteiger charge is 2.18. The van der Waals surface area contributed by atoms with E-state index >= 15 is 0 Å². The molecule has 0 bridgehead atoms. The lowest BCUT2D eigenvalue weighted by Crippen LogP contribution is -2.23. The first-order chi connectivity index (χ1) is 10.5. The second kappa shape index (κ2) is 7.49. The van der Waals surface area contributed by atoms with Crippen molar-refractivity contribution in [2.45, 2.75) is 43.5 Å². The third-order valence-corrected chi connectivity index (χ3v) is 4.96. The molecule has 0 fully saturated rings. The second-order valence-corrected chi connectivity index (χ2v) is 6.77. The van der Waals surface area contributed by atoms with Crippen LogP contribution >= 0.6 is 11.8 Å². The molecule has 22 heavy (non-hydrogen) atoms. The monoisotopic (exact) mass is 317 g/mol. The van der Waals surface area contributed by atoms with Crippen molar-refractivity contribution in [1.29, 1.82) is 0 Å². The minimum atomic E-state index is -0.203. The fourth-order valence-electron chi connectivity index (χ4n) is 2.17. The van der Waals surface area contributed by atoms with Gasteiger partial charge in [-0.2, -0.15) is 0 Å². The van der Waals surface area contributed by atoms with E-state index in [1.165, 1.54) is 17.3 Å². The third-order valence-electron chi connectivity index (χ3n) is 3.79. The summed E-state index contributed by atoms with van der Waals surface area (Å²) in [6.07, 6.45) is 4.67. The predicted octanol–water partition coefficient (Wildman–Crippen LogP) is 4.05. The number of hydrogen-bond acceptors (Lipinski definition) is 3. The molecule has 1 aromatic carbocycles. The Labute approximate surface area is 136 Å². The molecule has 118 valence electrons. The zero-order chi connectivity index (χ0) is 16.1. The molecule has 4 nitrogen and oxygen atoms in total. The normalized spacial score (nSPS) is 13.6. The number of imidazole rings is 1. The molecule has 1 heterocycles. The summed E-state index contributed by atoms with van der Waals surface area (Å²) >= 11 is 1.46. The molecule has 0 aliphatic heterocycles. The van der Waals surface area contributed by atoms with Crippen molar-refractivity contribution in [3.8, 4) is 0 Å². The Morgan fingerprint density at radius 2 is 2.09 bits per heavy atom. The quantitative estimate of drug-likeness (QED) is 0.818. The van der Waals surface area contributed by atoms with E-state index in [1.807, 2.05) is 42.9 Å². The second-order valence-electron chi connectivity index (χ2n) is 5.47. The maximum Gasteiger partial charge on any atom is 0.237 e. The first kappa shape index (κ1) is 16.6. The van der Waals surface area contributed by atoms with Gasteiger partial charge in [0.15, 0.2) is 5.16 Å². The number of aromatic nitrogens is 2. The fourth-order valence-corrected chi connectivity index (χ4v) is 3.00. The van der Waals surface area contributed by atoms with E-state index in [2.05, 4.69) is 30.2 Å². The van der Waals surface area contributed by atoms with Crippen molar-refractivity contribution in [2.24, 2.45) is 7.05 Å². The Kier molecular flexibility index (Phi) is 5.66. The molecule has 0 unspecified atom stereocenters. The Bertz CT molecular complexity index is 638. The topological polar surface area (TPSA) is 46.9 Å². The molecule has 2 rings (SSSR count).